The molecule has 1 radical (unpaired) electrons. The highest BCUT2D eigenvalue weighted by Crippen LogP contribution is 2.12. The summed E-state index contributed by atoms with van der Waals surface area (Å²) in [7, 11) is 0. The lowest BCUT2D eigenvalue weighted by atomic mass is 10.3. The van der Waals surface area contributed by atoms with Gasteiger partial charge in [0.05, 0.1) is 18.1 Å². The van der Waals surface area contributed by atoms with Gasteiger partial charge in [0, 0.05) is 6.07 Å². The Morgan fingerprint density at radius 3 is 3.00 bits per heavy atom. The number of hydrogen-bond donors (Lipinski definition) is 1. The largest absolute Gasteiger partial charge is 0.396 e. The molecule has 13 heavy (non-hydrogen) atoms. The first-order valence-electron chi connectivity index (χ1n) is 3.74. The van der Waals surface area contributed by atoms with Crippen molar-refractivity contribution in [2.45, 2.75) is 0 Å². The van der Waals surface area contributed by atoms with Crippen molar-refractivity contribution in [3.05, 3.63) is 42.5 Å². The van der Waals surface area contributed by atoms with E-state index in [1.54, 1.807) is 12.1 Å². The van der Waals surface area contributed by atoms with E-state index in [4.69, 9.17) is 5.73 Å². The van der Waals surface area contributed by atoms with Gasteiger partial charge in [0.25, 0.3) is 0 Å². The Bertz CT molecular complexity index is 422. The minimum Gasteiger partial charge on any atom is -0.396 e. The van der Waals surface area contributed by atoms with Crippen molar-refractivity contribution in [1.82, 2.24) is 9.78 Å². The normalized spacial score (nSPS) is 10.2. The monoisotopic (exact) mass is 176 g/mol. The maximum absolute atomic E-state index is 13.2. The SMILES string of the molecule is Nc1cnn(-c2[c]cccc2F)c1. The van der Waals surface area contributed by atoms with Crippen LogP contribution in [0.5, 0.6) is 0 Å². The number of benzene rings is 1. The van der Waals surface area contributed by atoms with Crippen LogP contribution in [-0.2, 0) is 0 Å². The van der Waals surface area contributed by atoms with Crippen molar-refractivity contribution in [3.63, 3.8) is 0 Å². The van der Waals surface area contributed by atoms with Crippen LogP contribution in [0.25, 0.3) is 5.69 Å². The first-order chi connectivity index (χ1) is 6.27. The van der Waals surface area contributed by atoms with E-state index in [0.29, 0.717) is 5.69 Å². The molecule has 0 unspecified atom stereocenters. The number of anilines is 1. The lowest BCUT2D eigenvalue weighted by molar-refractivity contribution is 0.610. The summed E-state index contributed by atoms with van der Waals surface area (Å²) in [4.78, 5) is 0. The van der Waals surface area contributed by atoms with Gasteiger partial charge in [0.15, 0.2) is 0 Å². The zero-order valence-corrected chi connectivity index (χ0v) is 6.74. The van der Waals surface area contributed by atoms with E-state index in [0.717, 1.165) is 0 Å². The smallest absolute Gasteiger partial charge is 0.149 e. The Morgan fingerprint density at radius 1 is 1.54 bits per heavy atom. The molecule has 4 heteroatoms. The van der Waals surface area contributed by atoms with Crippen LogP contribution in [0.2, 0.25) is 0 Å². The second-order valence-electron chi connectivity index (χ2n) is 2.58. The van der Waals surface area contributed by atoms with E-state index >= 15 is 0 Å². The van der Waals surface area contributed by atoms with Crippen LogP contribution in [0.15, 0.2) is 30.6 Å². The number of nitrogen functional groups attached to an aromatic ring is 1. The van der Waals surface area contributed by atoms with E-state index in [1.807, 2.05) is 0 Å². The molecule has 0 aliphatic heterocycles. The van der Waals surface area contributed by atoms with Gasteiger partial charge in [0.1, 0.15) is 11.5 Å². The van der Waals surface area contributed by atoms with Gasteiger partial charge in [-0.25, -0.2) is 9.07 Å². The highest BCUT2D eigenvalue weighted by atomic mass is 19.1. The van der Waals surface area contributed by atoms with E-state index in [9.17, 15) is 4.39 Å². The molecular weight excluding hydrogens is 169 g/mol. The summed E-state index contributed by atoms with van der Waals surface area (Å²) in [5, 5.41) is 3.87. The van der Waals surface area contributed by atoms with Crippen molar-refractivity contribution in [1.29, 1.82) is 0 Å². The molecule has 0 aliphatic carbocycles. The van der Waals surface area contributed by atoms with Gasteiger partial charge >= 0.3 is 0 Å². The molecule has 3 nitrogen and oxygen atoms in total. The van der Waals surface area contributed by atoms with Crippen molar-refractivity contribution in [3.8, 4) is 5.69 Å². The first kappa shape index (κ1) is 7.79. The fourth-order valence-electron chi connectivity index (χ4n) is 1.04. The number of halogens is 1. The molecule has 2 rings (SSSR count). The number of aromatic nitrogens is 2. The highest BCUT2D eigenvalue weighted by Gasteiger charge is 2.03. The Hall–Kier alpha value is -1.84. The van der Waals surface area contributed by atoms with Crippen LogP contribution in [0.1, 0.15) is 0 Å². The molecule has 0 aliphatic rings. The van der Waals surface area contributed by atoms with Crippen molar-refractivity contribution >= 4 is 5.69 Å². The standard InChI is InChI=1S/C9H7FN3/c10-8-3-1-2-4-9(8)13-6-7(11)5-12-13/h1-3,5-6H,11H2. The summed E-state index contributed by atoms with van der Waals surface area (Å²) in [5.41, 5.74) is 6.22. The number of rotatable bonds is 1. The highest BCUT2D eigenvalue weighted by molar-refractivity contribution is 5.38. The van der Waals surface area contributed by atoms with Crippen LogP contribution in [-0.4, -0.2) is 9.78 Å². The molecule has 0 amide bonds. The summed E-state index contributed by atoms with van der Waals surface area (Å²) in [6, 6.07) is 7.28. The Balaban J connectivity index is 2.52. The van der Waals surface area contributed by atoms with Crippen LogP contribution >= 0.6 is 0 Å². The summed E-state index contributed by atoms with van der Waals surface area (Å²) in [5.74, 6) is -0.370. The summed E-state index contributed by atoms with van der Waals surface area (Å²) < 4.78 is 14.5. The van der Waals surface area contributed by atoms with Gasteiger partial charge < -0.3 is 5.73 Å². The Morgan fingerprint density at radius 2 is 2.38 bits per heavy atom. The molecule has 2 aromatic rings. The molecule has 1 aromatic carbocycles. The third kappa shape index (κ3) is 1.38. The van der Waals surface area contributed by atoms with Crippen LogP contribution < -0.4 is 5.73 Å². The van der Waals surface area contributed by atoms with Crippen LogP contribution in [0, 0.1) is 11.9 Å². The number of nitrogens with zero attached hydrogens (tertiary/aromatic N) is 2. The van der Waals surface area contributed by atoms with Gasteiger partial charge in [-0.1, -0.05) is 12.1 Å². The van der Waals surface area contributed by atoms with Gasteiger partial charge in [-0.3, -0.25) is 0 Å². The lowest BCUT2D eigenvalue weighted by Gasteiger charge is -2.00. The average molecular weight is 176 g/mol. The molecule has 0 fully saturated rings. The van der Waals surface area contributed by atoms with Crippen LogP contribution in [0.4, 0.5) is 10.1 Å². The van der Waals surface area contributed by atoms with Gasteiger partial charge in [-0.15, -0.1) is 0 Å². The second-order valence-corrected chi connectivity index (χ2v) is 2.58. The third-order valence-corrected chi connectivity index (χ3v) is 1.62. The van der Waals surface area contributed by atoms with Gasteiger partial charge in [0.2, 0.25) is 0 Å². The number of hydrogen-bond acceptors (Lipinski definition) is 2. The fraction of sp³-hybridized carbons (Fsp3) is 0. The quantitative estimate of drug-likeness (QED) is 0.713. The lowest BCUT2D eigenvalue weighted by Crippen LogP contribution is -1.97. The number of para-hydroxylation sites is 1. The van der Waals surface area contributed by atoms with E-state index in [-0.39, 0.29) is 11.5 Å². The van der Waals surface area contributed by atoms with E-state index in [2.05, 4.69) is 11.2 Å². The topological polar surface area (TPSA) is 43.8 Å². The second kappa shape index (κ2) is 2.90. The van der Waals surface area contributed by atoms with Crippen molar-refractivity contribution in [2.75, 3.05) is 5.73 Å². The average Bonchev–Trinajstić information content (AvgIpc) is 2.53. The van der Waals surface area contributed by atoms with Crippen molar-refractivity contribution < 1.29 is 4.39 Å². The molecular formula is C9H7FN3. The fourth-order valence-corrected chi connectivity index (χ4v) is 1.04. The zero-order chi connectivity index (χ0) is 9.26. The predicted octanol–water partition coefficient (Wildman–Crippen LogP) is 1.39. The molecule has 0 saturated heterocycles. The summed E-state index contributed by atoms with van der Waals surface area (Å²) in [6.45, 7) is 0. The van der Waals surface area contributed by atoms with Crippen molar-refractivity contribution in [2.24, 2.45) is 0 Å². The molecule has 0 spiro atoms. The number of nitrogens with two attached hydrogens (primary N) is 1. The molecule has 65 valence electrons. The first-order valence-corrected chi connectivity index (χ1v) is 3.74. The van der Waals surface area contributed by atoms with Gasteiger partial charge in [-0.2, -0.15) is 5.10 Å². The maximum Gasteiger partial charge on any atom is 0.149 e. The molecule has 0 atom stereocenters. The van der Waals surface area contributed by atoms with Crippen LogP contribution in [0.3, 0.4) is 0 Å². The van der Waals surface area contributed by atoms with Gasteiger partial charge in [-0.05, 0) is 6.07 Å². The molecule has 0 saturated carbocycles. The molecule has 1 aromatic heterocycles. The minimum atomic E-state index is -0.370. The minimum absolute atomic E-state index is 0.277. The molecule has 2 N–H and O–H groups in total. The predicted molar refractivity (Wildman–Crippen MR) is 46.8 cm³/mol. The summed E-state index contributed by atoms with van der Waals surface area (Å²) >= 11 is 0. The van der Waals surface area contributed by atoms with E-state index < -0.39 is 0 Å². The molecule has 1 heterocycles. The Labute approximate surface area is 74.6 Å². The Kier molecular flexibility index (Phi) is 1.73. The van der Waals surface area contributed by atoms with E-state index in [1.165, 1.54) is 23.1 Å². The zero-order valence-electron chi connectivity index (χ0n) is 6.74. The third-order valence-electron chi connectivity index (χ3n) is 1.62. The maximum atomic E-state index is 13.2. The molecule has 0 bridgehead atoms. The summed E-state index contributed by atoms with van der Waals surface area (Å²) in [6.07, 6.45) is 3.00.